The van der Waals surface area contributed by atoms with E-state index in [2.05, 4.69) is 10.3 Å². The van der Waals surface area contributed by atoms with E-state index < -0.39 is 0 Å². The van der Waals surface area contributed by atoms with E-state index in [1.807, 2.05) is 30.3 Å². The molecule has 0 aliphatic heterocycles. The Labute approximate surface area is 100 Å². The summed E-state index contributed by atoms with van der Waals surface area (Å²) in [4.78, 5) is 14.8. The van der Waals surface area contributed by atoms with Crippen molar-refractivity contribution in [1.29, 1.82) is 0 Å². The number of para-hydroxylation sites is 1. The molecular weight excluding hydrogens is 212 g/mol. The summed E-state index contributed by atoms with van der Waals surface area (Å²) in [6.45, 7) is 0.815. The van der Waals surface area contributed by atoms with E-state index in [0.29, 0.717) is 0 Å². The number of H-pyrrole nitrogens is 1. The van der Waals surface area contributed by atoms with Gasteiger partial charge in [0.1, 0.15) is 0 Å². The lowest BCUT2D eigenvalue weighted by Crippen LogP contribution is -2.25. The normalized spacial score (nSPS) is 15.1. The standard InChI is InChI=1S/C14H15N2O/c17-14(15-9-10-5-6-10)8-12-7-11-3-1-2-4-13(11)16-12/h1-4,7-8,10,16H,5-6,9H2,(H,15,17). The van der Waals surface area contributed by atoms with Gasteiger partial charge in [-0.15, -0.1) is 0 Å². The molecule has 0 bridgehead atoms. The van der Waals surface area contributed by atoms with Crippen molar-refractivity contribution in [2.45, 2.75) is 12.8 Å². The van der Waals surface area contributed by atoms with Crippen molar-refractivity contribution < 1.29 is 4.79 Å². The number of amides is 1. The summed E-state index contributed by atoms with van der Waals surface area (Å²) in [5.74, 6) is 0.707. The number of nitrogens with one attached hydrogen (secondary N) is 2. The molecule has 1 radical (unpaired) electrons. The number of carbonyl (C=O) groups is 1. The van der Waals surface area contributed by atoms with Crippen LogP contribution in [0.2, 0.25) is 0 Å². The molecule has 1 fully saturated rings. The molecule has 1 heterocycles. The number of hydrogen-bond acceptors (Lipinski definition) is 1. The Morgan fingerprint density at radius 3 is 3.00 bits per heavy atom. The van der Waals surface area contributed by atoms with Gasteiger partial charge in [0.05, 0.1) is 6.42 Å². The maximum absolute atomic E-state index is 11.6. The van der Waals surface area contributed by atoms with Crippen molar-refractivity contribution in [3.05, 3.63) is 42.4 Å². The summed E-state index contributed by atoms with van der Waals surface area (Å²) < 4.78 is 0. The Balaban J connectivity index is 1.64. The second-order valence-electron chi connectivity index (χ2n) is 4.64. The van der Waals surface area contributed by atoms with E-state index >= 15 is 0 Å². The van der Waals surface area contributed by atoms with Crippen LogP contribution in [0.5, 0.6) is 0 Å². The predicted molar refractivity (Wildman–Crippen MR) is 67.4 cm³/mol. The van der Waals surface area contributed by atoms with Gasteiger partial charge >= 0.3 is 0 Å². The van der Waals surface area contributed by atoms with Gasteiger partial charge in [-0.2, -0.15) is 0 Å². The Morgan fingerprint density at radius 2 is 2.24 bits per heavy atom. The Kier molecular flexibility index (Phi) is 2.59. The van der Waals surface area contributed by atoms with Crippen LogP contribution in [-0.4, -0.2) is 17.4 Å². The Hall–Kier alpha value is -1.77. The second kappa shape index (κ2) is 4.24. The summed E-state index contributed by atoms with van der Waals surface area (Å²) in [7, 11) is 0. The van der Waals surface area contributed by atoms with Gasteiger partial charge in [-0.25, -0.2) is 0 Å². The Morgan fingerprint density at radius 1 is 1.41 bits per heavy atom. The van der Waals surface area contributed by atoms with Gasteiger partial charge in [-0.1, -0.05) is 18.2 Å². The van der Waals surface area contributed by atoms with E-state index in [1.54, 1.807) is 6.42 Å². The number of aromatic nitrogens is 1. The first-order chi connectivity index (χ1) is 8.31. The van der Waals surface area contributed by atoms with E-state index in [-0.39, 0.29) is 5.91 Å². The fraction of sp³-hybridized carbons (Fsp3) is 0.286. The van der Waals surface area contributed by atoms with Crippen LogP contribution in [0.15, 0.2) is 30.3 Å². The number of fused-ring (bicyclic) bond motifs is 1. The van der Waals surface area contributed by atoms with Crippen molar-refractivity contribution >= 4 is 16.8 Å². The highest BCUT2D eigenvalue weighted by Crippen LogP contribution is 2.27. The van der Waals surface area contributed by atoms with E-state index in [9.17, 15) is 4.79 Å². The molecule has 3 nitrogen and oxygen atoms in total. The number of rotatable bonds is 4. The number of aromatic amines is 1. The summed E-state index contributed by atoms with van der Waals surface area (Å²) in [6.07, 6.45) is 4.14. The first-order valence-corrected chi connectivity index (χ1v) is 6.01. The smallest absolute Gasteiger partial charge is 0.230 e. The first-order valence-electron chi connectivity index (χ1n) is 6.01. The highest BCUT2D eigenvalue weighted by molar-refractivity contribution is 5.90. The number of benzene rings is 1. The molecule has 87 valence electrons. The zero-order valence-corrected chi connectivity index (χ0v) is 9.57. The van der Waals surface area contributed by atoms with Crippen LogP contribution in [-0.2, 0) is 4.79 Å². The molecule has 17 heavy (non-hydrogen) atoms. The van der Waals surface area contributed by atoms with Gasteiger partial charge in [0.15, 0.2) is 0 Å². The maximum atomic E-state index is 11.6. The minimum atomic E-state index is -0.0107. The van der Waals surface area contributed by atoms with Crippen LogP contribution in [0.4, 0.5) is 0 Å². The fourth-order valence-corrected chi connectivity index (χ4v) is 1.93. The van der Waals surface area contributed by atoms with Crippen LogP contribution in [0.25, 0.3) is 10.9 Å². The monoisotopic (exact) mass is 227 g/mol. The molecule has 2 aromatic rings. The van der Waals surface area contributed by atoms with Gasteiger partial charge in [0.2, 0.25) is 5.91 Å². The molecule has 2 N–H and O–H groups in total. The average molecular weight is 227 g/mol. The SMILES string of the molecule is O=C([CH]c1cc2ccccc2[nH]1)NCC1CC1. The third kappa shape index (κ3) is 2.49. The Bertz CT molecular complexity index is 507. The average Bonchev–Trinajstić information content (AvgIpc) is 3.06. The van der Waals surface area contributed by atoms with E-state index in [0.717, 1.165) is 29.1 Å². The van der Waals surface area contributed by atoms with Crippen molar-refractivity contribution in [2.75, 3.05) is 6.54 Å². The molecule has 0 atom stereocenters. The lowest BCUT2D eigenvalue weighted by Gasteiger charge is -2.01. The maximum Gasteiger partial charge on any atom is 0.230 e. The lowest BCUT2D eigenvalue weighted by atomic mass is 10.2. The van der Waals surface area contributed by atoms with Crippen molar-refractivity contribution in [1.82, 2.24) is 10.3 Å². The molecular formula is C14H15N2O. The zero-order valence-electron chi connectivity index (χ0n) is 9.57. The number of hydrogen-bond donors (Lipinski definition) is 2. The third-order valence-corrected chi connectivity index (χ3v) is 3.10. The topological polar surface area (TPSA) is 44.9 Å². The minimum Gasteiger partial charge on any atom is -0.358 e. The quantitative estimate of drug-likeness (QED) is 0.826. The molecule has 3 rings (SSSR count). The van der Waals surface area contributed by atoms with Crippen LogP contribution < -0.4 is 5.32 Å². The lowest BCUT2D eigenvalue weighted by molar-refractivity contribution is -0.117. The van der Waals surface area contributed by atoms with Crippen molar-refractivity contribution in [3.8, 4) is 0 Å². The molecule has 0 spiro atoms. The highest BCUT2D eigenvalue weighted by Gasteiger charge is 2.21. The van der Waals surface area contributed by atoms with Gasteiger partial charge in [0.25, 0.3) is 0 Å². The molecule has 0 saturated heterocycles. The molecule has 0 unspecified atom stereocenters. The van der Waals surface area contributed by atoms with Gasteiger partial charge in [-0.05, 0) is 36.3 Å². The highest BCUT2D eigenvalue weighted by atomic mass is 16.1. The second-order valence-corrected chi connectivity index (χ2v) is 4.64. The van der Waals surface area contributed by atoms with Crippen molar-refractivity contribution in [3.63, 3.8) is 0 Å². The molecule has 3 heteroatoms. The largest absolute Gasteiger partial charge is 0.358 e. The van der Waals surface area contributed by atoms with Crippen LogP contribution in [0, 0.1) is 12.3 Å². The van der Waals surface area contributed by atoms with Crippen LogP contribution >= 0.6 is 0 Å². The summed E-state index contributed by atoms with van der Waals surface area (Å²) >= 11 is 0. The summed E-state index contributed by atoms with van der Waals surface area (Å²) in [5.41, 5.74) is 1.92. The first kappa shape index (κ1) is 10.4. The minimum absolute atomic E-state index is 0.0107. The molecule has 1 aromatic heterocycles. The van der Waals surface area contributed by atoms with Gasteiger partial charge < -0.3 is 10.3 Å². The van der Waals surface area contributed by atoms with Crippen LogP contribution in [0.3, 0.4) is 0 Å². The predicted octanol–water partition coefficient (Wildman–Crippen LogP) is 2.25. The molecule has 1 aliphatic carbocycles. The van der Waals surface area contributed by atoms with Gasteiger partial charge in [0, 0.05) is 17.8 Å². The van der Waals surface area contributed by atoms with Crippen LogP contribution in [0.1, 0.15) is 18.5 Å². The third-order valence-electron chi connectivity index (χ3n) is 3.10. The fourth-order valence-electron chi connectivity index (χ4n) is 1.93. The summed E-state index contributed by atoms with van der Waals surface area (Å²) in [6, 6.07) is 10.0. The van der Waals surface area contributed by atoms with E-state index in [4.69, 9.17) is 0 Å². The number of carbonyl (C=O) groups excluding carboxylic acids is 1. The van der Waals surface area contributed by atoms with E-state index in [1.165, 1.54) is 12.8 Å². The molecule has 1 aliphatic rings. The van der Waals surface area contributed by atoms with Gasteiger partial charge in [-0.3, -0.25) is 4.79 Å². The molecule has 1 aromatic carbocycles. The summed E-state index contributed by atoms with van der Waals surface area (Å²) in [5, 5.41) is 4.06. The molecule has 1 amide bonds. The zero-order chi connectivity index (χ0) is 11.7. The van der Waals surface area contributed by atoms with Crippen molar-refractivity contribution in [2.24, 2.45) is 5.92 Å². The molecule has 1 saturated carbocycles.